The van der Waals surface area contributed by atoms with Gasteiger partial charge in [0.05, 0.1) is 17.8 Å². The van der Waals surface area contributed by atoms with Gasteiger partial charge in [-0.15, -0.1) is 0 Å². The summed E-state index contributed by atoms with van der Waals surface area (Å²) in [5.41, 5.74) is 10.2. The zero-order chi connectivity index (χ0) is 27.9. The number of carbonyl (C=O) groups excluding carboxylic acids is 1. The van der Waals surface area contributed by atoms with Crippen LogP contribution in [0.25, 0.3) is 10.8 Å². The van der Waals surface area contributed by atoms with Crippen LogP contribution < -0.4 is 26.6 Å². The number of ether oxygens (including phenoxy) is 1. The number of carboxylic acid groups (broad SMARTS) is 1. The van der Waals surface area contributed by atoms with Gasteiger partial charge in [-0.05, 0) is 72.4 Å². The summed E-state index contributed by atoms with van der Waals surface area (Å²) in [6.07, 6.45) is 6.75. The van der Waals surface area contributed by atoms with Crippen molar-refractivity contribution < 1.29 is 19.4 Å². The van der Waals surface area contributed by atoms with Crippen molar-refractivity contribution >= 4 is 34.0 Å². The highest BCUT2D eigenvalue weighted by Crippen LogP contribution is 2.37. The predicted octanol–water partition coefficient (Wildman–Crippen LogP) is 5.25. The number of nitrogens with two attached hydrogens (primary N) is 2. The molecule has 1 saturated carbocycles. The van der Waals surface area contributed by atoms with E-state index in [2.05, 4.69) is 5.32 Å². The number of carbonyl (C=O) groups is 2. The third kappa shape index (κ3) is 7.00. The van der Waals surface area contributed by atoms with Crippen LogP contribution in [0.3, 0.4) is 0 Å². The highest BCUT2D eigenvalue weighted by atomic mass is 16.5. The van der Waals surface area contributed by atoms with Gasteiger partial charge in [-0.1, -0.05) is 56.0 Å². The number of aliphatic carboxylic acids is 1. The number of hydrogen-bond acceptors (Lipinski definition) is 6. The second-order valence-electron chi connectivity index (χ2n) is 10.5. The standard InChI is InChI=1S/C31H40N4O4/c1-3-35(33)28-15-14-26(20(2)31(28)32)27(18-30(37)38)22-11-10-21-12-13-25(17-23(21)16-22)39-19-29(36)34-24-8-6-4-5-7-9-24/h10-17,24,27H,3-9,18-19,32-33H2,1-2H3,(H,34,36)(H,37,38). The van der Waals surface area contributed by atoms with Crippen LogP contribution in [0.2, 0.25) is 0 Å². The van der Waals surface area contributed by atoms with E-state index in [-0.39, 0.29) is 25.0 Å². The first-order valence-corrected chi connectivity index (χ1v) is 13.9. The molecule has 39 heavy (non-hydrogen) atoms. The van der Waals surface area contributed by atoms with Gasteiger partial charge in [0.1, 0.15) is 5.75 Å². The van der Waals surface area contributed by atoms with Crippen molar-refractivity contribution in [2.45, 2.75) is 70.8 Å². The Kier molecular flexibility index (Phi) is 9.30. The molecule has 0 bridgehead atoms. The van der Waals surface area contributed by atoms with Crippen molar-refractivity contribution in [2.24, 2.45) is 5.84 Å². The maximum absolute atomic E-state index is 12.5. The van der Waals surface area contributed by atoms with Crippen molar-refractivity contribution in [1.82, 2.24) is 5.32 Å². The number of fused-ring (bicyclic) bond motifs is 1. The molecule has 0 saturated heterocycles. The summed E-state index contributed by atoms with van der Waals surface area (Å²) in [4.78, 5) is 24.4. The molecule has 1 atom stereocenters. The molecule has 3 aromatic carbocycles. The summed E-state index contributed by atoms with van der Waals surface area (Å²) in [7, 11) is 0. The molecular weight excluding hydrogens is 492 g/mol. The molecule has 6 N–H and O–H groups in total. The van der Waals surface area contributed by atoms with Crippen LogP contribution >= 0.6 is 0 Å². The third-order valence-electron chi connectivity index (χ3n) is 7.77. The maximum atomic E-state index is 12.5. The van der Waals surface area contributed by atoms with E-state index >= 15 is 0 Å². The van der Waals surface area contributed by atoms with Crippen molar-refractivity contribution in [2.75, 3.05) is 23.9 Å². The van der Waals surface area contributed by atoms with E-state index in [1.807, 2.05) is 62.4 Å². The molecule has 4 rings (SSSR count). The van der Waals surface area contributed by atoms with Gasteiger partial charge < -0.3 is 25.9 Å². The number of carboxylic acids is 1. The molecule has 0 radical (unpaired) electrons. The van der Waals surface area contributed by atoms with Crippen molar-refractivity contribution in [3.05, 3.63) is 65.2 Å². The Bertz CT molecular complexity index is 1320. The summed E-state index contributed by atoms with van der Waals surface area (Å²) in [5.74, 6) is 5.28. The number of nitrogens with zero attached hydrogens (tertiary/aromatic N) is 1. The van der Waals surface area contributed by atoms with E-state index in [4.69, 9.17) is 16.3 Å². The van der Waals surface area contributed by atoms with Gasteiger partial charge in [-0.25, -0.2) is 5.84 Å². The molecule has 208 valence electrons. The van der Waals surface area contributed by atoms with Crippen LogP contribution in [0.15, 0.2) is 48.5 Å². The molecule has 1 amide bonds. The fourth-order valence-corrected chi connectivity index (χ4v) is 5.50. The molecule has 8 nitrogen and oxygen atoms in total. The Hall–Kier alpha value is -3.78. The molecule has 1 fully saturated rings. The van der Waals surface area contributed by atoms with Gasteiger partial charge in [0, 0.05) is 18.5 Å². The zero-order valence-corrected chi connectivity index (χ0v) is 22.9. The number of rotatable bonds is 10. The summed E-state index contributed by atoms with van der Waals surface area (Å²) in [6, 6.07) is 15.6. The topological polar surface area (TPSA) is 131 Å². The van der Waals surface area contributed by atoms with E-state index in [0.717, 1.165) is 58.8 Å². The second kappa shape index (κ2) is 12.8. The smallest absolute Gasteiger partial charge is 0.304 e. The molecule has 0 spiro atoms. The monoisotopic (exact) mass is 532 g/mol. The Labute approximate surface area is 230 Å². The first-order valence-electron chi connectivity index (χ1n) is 13.9. The van der Waals surface area contributed by atoms with Gasteiger partial charge in [0.2, 0.25) is 0 Å². The highest BCUT2D eigenvalue weighted by Gasteiger charge is 2.23. The number of anilines is 2. The summed E-state index contributed by atoms with van der Waals surface area (Å²) in [5, 5.41) is 16.3. The molecule has 1 aliphatic carbocycles. The minimum atomic E-state index is -0.895. The second-order valence-corrected chi connectivity index (χ2v) is 10.5. The fourth-order valence-electron chi connectivity index (χ4n) is 5.50. The van der Waals surface area contributed by atoms with Crippen molar-refractivity contribution in [3.63, 3.8) is 0 Å². The lowest BCUT2D eigenvalue weighted by molar-refractivity contribution is -0.137. The van der Waals surface area contributed by atoms with Gasteiger partial charge in [-0.2, -0.15) is 0 Å². The van der Waals surface area contributed by atoms with Crippen LogP contribution in [0.5, 0.6) is 5.75 Å². The molecule has 0 aliphatic heterocycles. The molecule has 8 heteroatoms. The van der Waals surface area contributed by atoms with Crippen molar-refractivity contribution in [3.8, 4) is 5.75 Å². The van der Waals surface area contributed by atoms with E-state index in [0.29, 0.717) is 18.0 Å². The SMILES string of the molecule is CCN(N)c1ccc(C(CC(=O)O)c2ccc3ccc(OCC(=O)NC4CCCCCC4)cc3c2)c(C)c1N. The van der Waals surface area contributed by atoms with Gasteiger partial charge in [-0.3, -0.25) is 9.59 Å². The molecule has 0 heterocycles. The van der Waals surface area contributed by atoms with Gasteiger partial charge >= 0.3 is 5.97 Å². The first-order chi connectivity index (χ1) is 18.8. The Morgan fingerprint density at radius 3 is 2.46 bits per heavy atom. The number of nitrogen functional groups attached to an aromatic ring is 1. The zero-order valence-electron chi connectivity index (χ0n) is 22.9. The lowest BCUT2D eigenvalue weighted by Gasteiger charge is -2.24. The first kappa shape index (κ1) is 28.2. The number of amides is 1. The van der Waals surface area contributed by atoms with Gasteiger partial charge in [0.25, 0.3) is 5.91 Å². The van der Waals surface area contributed by atoms with Crippen LogP contribution in [-0.2, 0) is 9.59 Å². The van der Waals surface area contributed by atoms with E-state index in [9.17, 15) is 14.7 Å². The van der Waals surface area contributed by atoms with Crippen LogP contribution in [0, 0.1) is 6.92 Å². The Balaban J connectivity index is 1.56. The molecule has 1 aliphatic rings. The van der Waals surface area contributed by atoms with Crippen LogP contribution in [0.1, 0.15) is 74.5 Å². The highest BCUT2D eigenvalue weighted by molar-refractivity contribution is 5.85. The number of hydrogen-bond donors (Lipinski definition) is 4. The Morgan fingerprint density at radius 1 is 1.05 bits per heavy atom. The fraction of sp³-hybridized carbons (Fsp3) is 0.419. The molecule has 0 aromatic heterocycles. The minimum Gasteiger partial charge on any atom is -0.484 e. The summed E-state index contributed by atoms with van der Waals surface area (Å²) >= 11 is 0. The number of benzene rings is 3. The normalized spacial score (nSPS) is 14.9. The quantitative estimate of drug-likeness (QED) is 0.121. The van der Waals surface area contributed by atoms with E-state index < -0.39 is 11.9 Å². The molecule has 1 unspecified atom stereocenters. The van der Waals surface area contributed by atoms with E-state index in [1.54, 1.807) is 5.01 Å². The molecule has 3 aromatic rings. The summed E-state index contributed by atoms with van der Waals surface area (Å²) in [6.45, 7) is 4.40. The lowest BCUT2D eigenvalue weighted by atomic mass is 9.84. The van der Waals surface area contributed by atoms with Crippen LogP contribution in [-0.4, -0.2) is 36.2 Å². The van der Waals surface area contributed by atoms with Crippen molar-refractivity contribution in [1.29, 1.82) is 0 Å². The largest absolute Gasteiger partial charge is 0.484 e. The number of hydrazine groups is 1. The predicted molar refractivity (Wildman–Crippen MR) is 156 cm³/mol. The van der Waals surface area contributed by atoms with Crippen LogP contribution in [0.4, 0.5) is 11.4 Å². The number of nitrogens with one attached hydrogen (secondary N) is 1. The minimum absolute atomic E-state index is 0.0376. The third-order valence-corrected chi connectivity index (χ3v) is 7.77. The average molecular weight is 533 g/mol. The maximum Gasteiger partial charge on any atom is 0.304 e. The summed E-state index contributed by atoms with van der Waals surface area (Å²) < 4.78 is 5.84. The molecular formula is C31H40N4O4. The Morgan fingerprint density at radius 2 is 1.77 bits per heavy atom. The van der Waals surface area contributed by atoms with E-state index in [1.165, 1.54) is 12.8 Å². The average Bonchev–Trinajstić information content (AvgIpc) is 3.20. The lowest BCUT2D eigenvalue weighted by Crippen LogP contribution is -2.37. The van der Waals surface area contributed by atoms with Gasteiger partial charge in [0.15, 0.2) is 6.61 Å².